The van der Waals surface area contributed by atoms with Crippen molar-refractivity contribution in [1.29, 1.82) is 0 Å². The molecule has 0 amide bonds. The lowest BCUT2D eigenvalue weighted by Gasteiger charge is -2.15. The number of halogens is 1. The molecule has 0 aliphatic carbocycles. The van der Waals surface area contributed by atoms with Crippen LogP contribution in [0.25, 0.3) is 11.5 Å². The highest BCUT2D eigenvalue weighted by Crippen LogP contribution is 2.31. The van der Waals surface area contributed by atoms with Crippen LogP contribution < -0.4 is 0 Å². The lowest BCUT2D eigenvalue weighted by Crippen LogP contribution is -2.17. The third-order valence-corrected chi connectivity index (χ3v) is 3.13. The van der Waals surface area contributed by atoms with Crippen molar-refractivity contribution in [2.75, 3.05) is 7.11 Å². The molecule has 0 aliphatic heterocycles. The van der Waals surface area contributed by atoms with Crippen molar-refractivity contribution in [2.45, 2.75) is 33.1 Å². The summed E-state index contributed by atoms with van der Waals surface area (Å²) >= 11 is 0. The average molecular weight is 291 g/mol. The SMILES string of the molecule is COC(=O)c1oc(-c2ccc(C)c(F)c2)nc1C(C)(C)C. The highest BCUT2D eigenvalue weighted by molar-refractivity contribution is 5.88. The Balaban J connectivity index is 2.58. The second-order valence-electron chi connectivity index (χ2n) is 5.90. The first-order chi connectivity index (χ1) is 9.74. The Labute approximate surface area is 122 Å². The summed E-state index contributed by atoms with van der Waals surface area (Å²) in [7, 11) is 1.28. The zero-order valence-corrected chi connectivity index (χ0v) is 12.8. The monoisotopic (exact) mass is 291 g/mol. The van der Waals surface area contributed by atoms with E-state index in [1.165, 1.54) is 13.2 Å². The van der Waals surface area contributed by atoms with Crippen LogP contribution in [0.4, 0.5) is 4.39 Å². The summed E-state index contributed by atoms with van der Waals surface area (Å²) in [5.74, 6) is -0.672. The molecule has 1 heterocycles. The van der Waals surface area contributed by atoms with Gasteiger partial charge in [-0.25, -0.2) is 14.2 Å². The van der Waals surface area contributed by atoms with Crippen LogP contribution in [0.1, 0.15) is 42.6 Å². The number of hydrogen-bond donors (Lipinski definition) is 0. The lowest BCUT2D eigenvalue weighted by atomic mass is 9.91. The van der Waals surface area contributed by atoms with Crippen molar-refractivity contribution in [3.8, 4) is 11.5 Å². The van der Waals surface area contributed by atoms with Crippen LogP contribution in [0.15, 0.2) is 22.6 Å². The molecule has 2 rings (SSSR count). The number of ether oxygens (including phenoxy) is 1. The standard InChI is InChI=1S/C16H18FNO3/c1-9-6-7-10(8-11(9)17)14-18-13(16(2,3)4)12(21-14)15(19)20-5/h6-8H,1-5H3. The van der Waals surface area contributed by atoms with E-state index in [-0.39, 0.29) is 17.5 Å². The Morgan fingerprint density at radius 2 is 2.00 bits per heavy atom. The highest BCUT2D eigenvalue weighted by Gasteiger charge is 2.30. The van der Waals surface area contributed by atoms with Gasteiger partial charge < -0.3 is 9.15 Å². The van der Waals surface area contributed by atoms with Crippen LogP contribution in [-0.2, 0) is 10.2 Å². The van der Waals surface area contributed by atoms with E-state index in [4.69, 9.17) is 9.15 Å². The minimum absolute atomic E-state index is 0.0565. The lowest BCUT2D eigenvalue weighted by molar-refractivity contribution is 0.0562. The van der Waals surface area contributed by atoms with Crippen molar-refractivity contribution >= 4 is 5.97 Å². The molecule has 5 heteroatoms. The third kappa shape index (κ3) is 2.96. The first kappa shape index (κ1) is 15.2. The normalized spacial score (nSPS) is 11.5. The minimum Gasteiger partial charge on any atom is -0.463 e. The molecular formula is C16H18FNO3. The molecule has 0 radical (unpaired) electrons. The van der Waals surface area contributed by atoms with E-state index in [2.05, 4.69) is 4.98 Å². The highest BCUT2D eigenvalue weighted by atomic mass is 19.1. The Bertz CT molecular complexity index is 683. The largest absolute Gasteiger partial charge is 0.463 e. The molecule has 2 aromatic rings. The Hall–Kier alpha value is -2.17. The van der Waals surface area contributed by atoms with Gasteiger partial charge in [-0.05, 0) is 24.6 Å². The van der Waals surface area contributed by atoms with Crippen LogP contribution in [0.3, 0.4) is 0 Å². The maximum Gasteiger partial charge on any atom is 0.376 e. The maximum absolute atomic E-state index is 13.7. The van der Waals surface area contributed by atoms with Crippen molar-refractivity contribution in [2.24, 2.45) is 0 Å². The molecule has 0 saturated carbocycles. The fraction of sp³-hybridized carbons (Fsp3) is 0.375. The second-order valence-corrected chi connectivity index (χ2v) is 5.90. The molecule has 0 N–H and O–H groups in total. The van der Waals surface area contributed by atoms with E-state index in [1.54, 1.807) is 19.1 Å². The van der Waals surface area contributed by atoms with Gasteiger partial charge in [0.15, 0.2) is 0 Å². The van der Waals surface area contributed by atoms with E-state index in [9.17, 15) is 9.18 Å². The van der Waals surface area contributed by atoms with E-state index >= 15 is 0 Å². The van der Waals surface area contributed by atoms with Crippen LogP contribution in [0.5, 0.6) is 0 Å². The van der Waals surface area contributed by atoms with Crippen LogP contribution in [-0.4, -0.2) is 18.1 Å². The number of methoxy groups -OCH3 is 1. The molecule has 1 aromatic carbocycles. The van der Waals surface area contributed by atoms with Gasteiger partial charge in [0.25, 0.3) is 0 Å². The molecule has 0 spiro atoms. The predicted molar refractivity (Wildman–Crippen MR) is 76.7 cm³/mol. The summed E-state index contributed by atoms with van der Waals surface area (Å²) in [6.45, 7) is 7.42. The van der Waals surface area contributed by atoms with Gasteiger partial charge in [0.2, 0.25) is 11.7 Å². The molecule has 0 atom stereocenters. The quantitative estimate of drug-likeness (QED) is 0.788. The van der Waals surface area contributed by atoms with E-state index < -0.39 is 11.4 Å². The molecule has 21 heavy (non-hydrogen) atoms. The summed E-state index contributed by atoms with van der Waals surface area (Å²) in [4.78, 5) is 16.2. The number of rotatable bonds is 2. The molecule has 0 saturated heterocycles. The van der Waals surface area contributed by atoms with Crippen LogP contribution in [0, 0.1) is 12.7 Å². The number of nitrogens with zero attached hydrogens (tertiary/aromatic N) is 1. The average Bonchev–Trinajstić information content (AvgIpc) is 2.86. The minimum atomic E-state index is -0.591. The van der Waals surface area contributed by atoms with Gasteiger partial charge in [0, 0.05) is 11.0 Å². The van der Waals surface area contributed by atoms with Crippen molar-refractivity contribution in [1.82, 2.24) is 4.98 Å². The molecule has 0 unspecified atom stereocenters. The Morgan fingerprint density at radius 1 is 1.33 bits per heavy atom. The van der Waals surface area contributed by atoms with Crippen LogP contribution >= 0.6 is 0 Å². The molecule has 1 aromatic heterocycles. The third-order valence-electron chi connectivity index (χ3n) is 3.13. The number of benzene rings is 1. The number of aryl methyl sites for hydroxylation is 1. The van der Waals surface area contributed by atoms with E-state index in [0.29, 0.717) is 16.8 Å². The van der Waals surface area contributed by atoms with E-state index in [1.807, 2.05) is 20.8 Å². The van der Waals surface area contributed by atoms with Gasteiger partial charge in [-0.2, -0.15) is 0 Å². The Kier molecular flexibility index (Phi) is 3.85. The Morgan fingerprint density at radius 3 is 2.52 bits per heavy atom. The van der Waals surface area contributed by atoms with Gasteiger partial charge in [0.05, 0.1) is 7.11 Å². The second kappa shape index (κ2) is 5.31. The fourth-order valence-electron chi connectivity index (χ4n) is 1.91. The number of carbonyl (C=O) groups is 1. The summed E-state index contributed by atoms with van der Waals surface area (Å²) in [5, 5.41) is 0. The zero-order valence-electron chi connectivity index (χ0n) is 12.8. The maximum atomic E-state index is 13.7. The van der Waals surface area contributed by atoms with Gasteiger partial charge in [-0.15, -0.1) is 0 Å². The fourth-order valence-corrected chi connectivity index (χ4v) is 1.91. The summed E-state index contributed by atoms with van der Waals surface area (Å²) in [5.41, 5.74) is 1.12. The first-order valence-electron chi connectivity index (χ1n) is 6.60. The molecule has 0 aliphatic rings. The van der Waals surface area contributed by atoms with Crippen molar-refractivity contribution in [3.05, 3.63) is 41.0 Å². The summed E-state index contributed by atoms with van der Waals surface area (Å²) in [6.07, 6.45) is 0. The van der Waals surface area contributed by atoms with Gasteiger partial charge >= 0.3 is 5.97 Å². The number of aromatic nitrogens is 1. The van der Waals surface area contributed by atoms with Gasteiger partial charge in [0.1, 0.15) is 11.5 Å². The number of oxazole rings is 1. The topological polar surface area (TPSA) is 52.3 Å². The first-order valence-corrected chi connectivity index (χ1v) is 6.60. The molecule has 112 valence electrons. The van der Waals surface area contributed by atoms with Crippen LogP contribution in [0.2, 0.25) is 0 Å². The van der Waals surface area contributed by atoms with Crippen molar-refractivity contribution < 1.29 is 18.3 Å². The predicted octanol–water partition coefficient (Wildman–Crippen LogP) is 3.87. The summed E-state index contributed by atoms with van der Waals surface area (Å²) < 4.78 is 23.9. The van der Waals surface area contributed by atoms with Gasteiger partial charge in [-0.1, -0.05) is 26.8 Å². The molecule has 0 fully saturated rings. The molecular weight excluding hydrogens is 273 g/mol. The van der Waals surface area contributed by atoms with E-state index in [0.717, 1.165) is 0 Å². The summed E-state index contributed by atoms with van der Waals surface area (Å²) in [6, 6.07) is 4.69. The smallest absolute Gasteiger partial charge is 0.376 e. The number of hydrogen-bond acceptors (Lipinski definition) is 4. The number of esters is 1. The zero-order chi connectivity index (χ0) is 15.8. The van der Waals surface area contributed by atoms with Gasteiger partial charge in [-0.3, -0.25) is 0 Å². The molecule has 4 nitrogen and oxygen atoms in total. The number of carbonyl (C=O) groups excluding carboxylic acids is 1. The molecule has 0 bridgehead atoms. The van der Waals surface area contributed by atoms with Crippen molar-refractivity contribution in [3.63, 3.8) is 0 Å².